The average Bonchev–Trinajstić information content (AvgIpc) is 2.09. The van der Waals surface area contributed by atoms with E-state index >= 15 is 0 Å². The summed E-state index contributed by atoms with van der Waals surface area (Å²) in [6.07, 6.45) is 0. The van der Waals surface area contributed by atoms with E-state index in [-0.39, 0.29) is 11.5 Å². The summed E-state index contributed by atoms with van der Waals surface area (Å²) in [7, 11) is -0.939. The van der Waals surface area contributed by atoms with Crippen LogP contribution < -0.4 is 9.05 Å². The van der Waals surface area contributed by atoms with Gasteiger partial charge in [0.05, 0.1) is 0 Å². The molecule has 0 bridgehead atoms. The molecule has 1 aromatic rings. The summed E-state index contributed by atoms with van der Waals surface area (Å²) in [5.41, 5.74) is 0. The zero-order valence-corrected chi connectivity index (χ0v) is 7.63. The first-order valence-electron chi connectivity index (χ1n) is 2.97. The van der Waals surface area contributed by atoms with Crippen LogP contribution in [0.25, 0.3) is 0 Å². The van der Waals surface area contributed by atoms with Crippen LogP contribution in [0.4, 0.5) is 0 Å². The van der Waals surface area contributed by atoms with Gasteiger partial charge in [0.25, 0.3) is 0 Å². The van der Waals surface area contributed by atoms with Crippen LogP contribution in [0.15, 0.2) is 24.3 Å². The van der Waals surface area contributed by atoms with Crippen LogP contribution in [0, 0.1) is 0 Å². The lowest BCUT2D eigenvalue weighted by Crippen LogP contribution is -1.80. The molecule has 0 spiro atoms. The van der Waals surface area contributed by atoms with Crippen LogP contribution in [0.2, 0.25) is 0 Å². The second-order valence-electron chi connectivity index (χ2n) is 1.78. The van der Waals surface area contributed by atoms with Crippen molar-refractivity contribution < 1.29 is 18.2 Å². The van der Waals surface area contributed by atoms with Crippen LogP contribution >= 0.6 is 17.4 Å². The normalized spacial score (nSPS) is 10.0. The minimum Gasteiger partial charge on any atom is -0.404 e. The maximum atomic E-state index is 10.1. The number of benzene rings is 1. The molecule has 0 unspecified atom stereocenters. The summed E-state index contributed by atoms with van der Waals surface area (Å²) in [5.74, 6) is 0.579. The van der Waals surface area contributed by atoms with E-state index in [0.717, 1.165) is 0 Å². The Balaban J connectivity index is 2.90. The first-order valence-corrected chi connectivity index (χ1v) is 4.43. The third-order valence-electron chi connectivity index (χ3n) is 1.12. The summed E-state index contributed by atoms with van der Waals surface area (Å²) in [4.78, 5) is 0. The summed E-state index contributed by atoms with van der Waals surface area (Å²) < 4.78 is 29.4. The highest BCUT2D eigenvalue weighted by Crippen LogP contribution is 2.30. The maximum absolute atomic E-state index is 10.1. The van der Waals surface area contributed by atoms with Gasteiger partial charge in [-0.1, -0.05) is 12.1 Å². The fraction of sp³-hybridized carbons (Fsp3) is 0. The summed E-state index contributed by atoms with van der Waals surface area (Å²) >= 11 is 0. The van der Waals surface area contributed by atoms with Crippen molar-refractivity contribution in [1.29, 1.82) is 0 Å². The molecule has 0 heterocycles. The standard InChI is InChI=1S/C6H4O4P2/c7-11-9-5-3-1-2-4-6(5)10-12-8/h1-4H. The van der Waals surface area contributed by atoms with Crippen LogP contribution in [0.5, 0.6) is 11.5 Å². The monoisotopic (exact) mass is 202 g/mol. The van der Waals surface area contributed by atoms with E-state index in [9.17, 15) is 9.13 Å². The Morgan fingerprint density at radius 3 is 1.67 bits per heavy atom. The molecule has 6 heteroatoms. The largest absolute Gasteiger partial charge is 0.404 e. The lowest BCUT2D eigenvalue weighted by atomic mass is 10.3. The molecule has 0 saturated carbocycles. The molecule has 0 fully saturated rings. The van der Waals surface area contributed by atoms with Crippen LogP contribution in [0.3, 0.4) is 0 Å². The Morgan fingerprint density at radius 2 is 1.33 bits per heavy atom. The minimum absolute atomic E-state index is 0.289. The molecule has 4 nitrogen and oxygen atoms in total. The highest BCUT2D eigenvalue weighted by Gasteiger charge is 2.03. The lowest BCUT2D eigenvalue weighted by Gasteiger charge is -2.00. The zero-order valence-electron chi connectivity index (χ0n) is 5.84. The van der Waals surface area contributed by atoms with E-state index in [1.54, 1.807) is 24.3 Å². The molecular formula is C6H4O4P2. The fourth-order valence-corrected chi connectivity index (χ4v) is 1.14. The average molecular weight is 202 g/mol. The van der Waals surface area contributed by atoms with Gasteiger partial charge in [-0.05, 0) is 12.1 Å². The molecule has 12 heavy (non-hydrogen) atoms. The highest BCUT2D eigenvalue weighted by molar-refractivity contribution is 7.18. The Labute approximate surface area is 72.1 Å². The Kier molecular flexibility index (Phi) is 3.65. The van der Waals surface area contributed by atoms with E-state index in [1.807, 2.05) is 0 Å². The van der Waals surface area contributed by atoms with Gasteiger partial charge in [0.15, 0.2) is 11.5 Å². The van der Waals surface area contributed by atoms with Gasteiger partial charge in [0, 0.05) is 0 Å². The molecule has 0 aliphatic rings. The quantitative estimate of drug-likeness (QED) is 0.704. The summed E-state index contributed by atoms with van der Waals surface area (Å²) in [5, 5.41) is 0. The molecule has 0 radical (unpaired) electrons. The predicted molar refractivity (Wildman–Crippen MR) is 42.9 cm³/mol. The number of hydrogen-bond donors (Lipinski definition) is 0. The fourth-order valence-electron chi connectivity index (χ4n) is 0.681. The summed E-state index contributed by atoms with van der Waals surface area (Å²) in [6.45, 7) is 0. The first kappa shape index (κ1) is 9.11. The molecule has 0 aliphatic carbocycles. The maximum Gasteiger partial charge on any atom is 0.395 e. The van der Waals surface area contributed by atoms with Crippen molar-refractivity contribution in [2.75, 3.05) is 0 Å². The van der Waals surface area contributed by atoms with E-state index in [2.05, 4.69) is 9.05 Å². The molecular weight excluding hydrogens is 198 g/mol. The van der Waals surface area contributed by atoms with Gasteiger partial charge in [0.1, 0.15) is 0 Å². The molecule has 1 aromatic carbocycles. The molecule has 1 rings (SSSR count). The molecule has 0 N–H and O–H groups in total. The second kappa shape index (κ2) is 4.81. The number of para-hydroxylation sites is 2. The van der Waals surface area contributed by atoms with Crippen molar-refractivity contribution >= 4 is 17.4 Å². The van der Waals surface area contributed by atoms with E-state index in [0.29, 0.717) is 0 Å². The van der Waals surface area contributed by atoms with Gasteiger partial charge in [0.2, 0.25) is 0 Å². The molecule has 62 valence electrons. The van der Waals surface area contributed by atoms with E-state index in [4.69, 9.17) is 0 Å². The highest BCUT2D eigenvalue weighted by atomic mass is 31.1. The van der Waals surface area contributed by atoms with Gasteiger partial charge < -0.3 is 9.05 Å². The van der Waals surface area contributed by atoms with Crippen molar-refractivity contribution in [2.45, 2.75) is 0 Å². The molecule has 0 amide bonds. The van der Waals surface area contributed by atoms with Crippen molar-refractivity contribution in [3.8, 4) is 11.5 Å². The molecule has 0 saturated heterocycles. The molecule has 0 aromatic heterocycles. The smallest absolute Gasteiger partial charge is 0.395 e. The zero-order chi connectivity index (χ0) is 8.81. The topological polar surface area (TPSA) is 52.6 Å². The van der Waals surface area contributed by atoms with E-state index < -0.39 is 17.4 Å². The van der Waals surface area contributed by atoms with Gasteiger partial charge in [-0.15, -0.1) is 0 Å². The lowest BCUT2D eigenvalue weighted by molar-refractivity contribution is 0.488. The van der Waals surface area contributed by atoms with Gasteiger partial charge in [-0.3, -0.25) is 0 Å². The molecule has 0 atom stereocenters. The third-order valence-corrected chi connectivity index (χ3v) is 1.66. The van der Waals surface area contributed by atoms with Gasteiger partial charge in [-0.25, -0.2) is 9.13 Å². The Bertz CT molecular complexity index is 260. The number of hydrogen-bond acceptors (Lipinski definition) is 4. The first-order chi connectivity index (χ1) is 5.88. The SMILES string of the molecule is O=POc1ccccc1OP=O. The molecule has 0 aliphatic heterocycles. The Morgan fingerprint density at radius 1 is 0.917 bits per heavy atom. The Hall–Kier alpha value is -0.980. The third kappa shape index (κ3) is 2.26. The second-order valence-corrected chi connectivity index (χ2v) is 2.44. The number of rotatable bonds is 4. The van der Waals surface area contributed by atoms with Gasteiger partial charge >= 0.3 is 17.4 Å². The van der Waals surface area contributed by atoms with Crippen molar-refractivity contribution in [2.24, 2.45) is 0 Å². The van der Waals surface area contributed by atoms with E-state index in [1.165, 1.54) is 0 Å². The minimum atomic E-state index is -0.470. The van der Waals surface area contributed by atoms with Crippen molar-refractivity contribution in [3.63, 3.8) is 0 Å². The summed E-state index contributed by atoms with van der Waals surface area (Å²) in [6, 6.07) is 6.50. The van der Waals surface area contributed by atoms with Gasteiger partial charge in [-0.2, -0.15) is 0 Å². The van der Waals surface area contributed by atoms with Crippen molar-refractivity contribution in [3.05, 3.63) is 24.3 Å². The predicted octanol–water partition coefficient (Wildman–Crippen LogP) is 2.86. The van der Waals surface area contributed by atoms with Crippen LogP contribution in [-0.4, -0.2) is 0 Å². The van der Waals surface area contributed by atoms with Crippen LogP contribution in [0.1, 0.15) is 0 Å². The van der Waals surface area contributed by atoms with Crippen LogP contribution in [-0.2, 0) is 9.13 Å². The van der Waals surface area contributed by atoms with Crippen molar-refractivity contribution in [1.82, 2.24) is 0 Å².